The first kappa shape index (κ1) is 15.4. The van der Waals surface area contributed by atoms with Gasteiger partial charge in [-0.15, -0.1) is 11.3 Å². The molecule has 2 atom stereocenters. The highest BCUT2D eigenvalue weighted by atomic mass is 32.1. The Morgan fingerprint density at radius 2 is 2.09 bits per heavy atom. The van der Waals surface area contributed by atoms with E-state index in [0.717, 1.165) is 16.6 Å². The Hall–Kier alpha value is -1.50. The van der Waals surface area contributed by atoms with Crippen molar-refractivity contribution in [2.75, 3.05) is 13.1 Å². The number of aliphatic hydroxyl groups is 2. The smallest absolute Gasteiger partial charge is 0.254 e. The van der Waals surface area contributed by atoms with Crippen molar-refractivity contribution in [1.29, 1.82) is 0 Å². The van der Waals surface area contributed by atoms with E-state index in [1.807, 2.05) is 24.3 Å². The molecule has 1 aromatic carbocycles. The lowest BCUT2D eigenvalue weighted by Crippen LogP contribution is -2.41. The summed E-state index contributed by atoms with van der Waals surface area (Å²) in [5.41, 5.74) is 0.833. The third kappa shape index (κ3) is 2.86. The van der Waals surface area contributed by atoms with Crippen LogP contribution in [0.3, 0.4) is 0 Å². The molecule has 1 amide bonds. The van der Waals surface area contributed by atoms with Crippen LogP contribution < -0.4 is 0 Å². The number of fused-ring (bicyclic) bond motifs is 1. The molecule has 0 spiro atoms. The Bertz CT molecular complexity index is 665. The Kier molecular flexibility index (Phi) is 3.92. The first-order valence-corrected chi connectivity index (χ1v) is 8.19. The maximum absolute atomic E-state index is 12.4. The summed E-state index contributed by atoms with van der Waals surface area (Å²) in [6.07, 6.45) is -1.84. The highest BCUT2D eigenvalue weighted by molar-refractivity contribution is 7.18. The van der Waals surface area contributed by atoms with Crippen LogP contribution in [0.2, 0.25) is 0 Å². The van der Waals surface area contributed by atoms with Gasteiger partial charge in [0.05, 0.1) is 10.2 Å². The highest BCUT2D eigenvalue weighted by Crippen LogP contribution is 2.32. The minimum absolute atomic E-state index is 0.0657. The fourth-order valence-electron chi connectivity index (χ4n) is 2.77. The van der Waals surface area contributed by atoms with Crippen molar-refractivity contribution in [1.82, 2.24) is 9.88 Å². The molecular formula is C16H20N2O3S. The van der Waals surface area contributed by atoms with Crippen molar-refractivity contribution in [2.45, 2.75) is 32.5 Å². The second-order valence-corrected chi connectivity index (χ2v) is 7.65. The van der Waals surface area contributed by atoms with Crippen molar-refractivity contribution in [2.24, 2.45) is 5.41 Å². The van der Waals surface area contributed by atoms with Gasteiger partial charge >= 0.3 is 0 Å². The molecule has 0 saturated carbocycles. The molecule has 0 radical (unpaired) electrons. The van der Waals surface area contributed by atoms with Crippen molar-refractivity contribution in [3.05, 3.63) is 29.3 Å². The molecule has 0 unspecified atom stereocenters. The Labute approximate surface area is 133 Å². The SMILES string of the molecule is CC1(C)CCN(C(=O)[C@H](O)[C@@H](O)c2nc3ccccc3s2)C1. The summed E-state index contributed by atoms with van der Waals surface area (Å²) in [5.74, 6) is -0.419. The quantitative estimate of drug-likeness (QED) is 0.906. The molecule has 118 valence electrons. The average Bonchev–Trinajstić information content (AvgIpc) is 3.07. The molecule has 0 bridgehead atoms. The molecule has 2 heterocycles. The maximum atomic E-state index is 12.4. The van der Waals surface area contributed by atoms with Crippen LogP contribution in [0.15, 0.2) is 24.3 Å². The fourth-order valence-corrected chi connectivity index (χ4v) is 3.76. The van der Waals surface area contributed by atoms with Gasteiger partial charge in [-0.2, -0.15) is 0 Å². The van der Waals surface area contributed by atoms with Crippen LogP contribution >= 0.6 is 11.3 Å². The van der Waals surface area contributed by atoms with Gasteiger partial charge < -0.3 is 15.1 Å². The number of likely N-dealkylation sites (tertiary alicyclic amines) is 1. The summed E-state index contributed by atoms with van der Waals surface area (Å²) in [7, 11) is 0. The zero-order valence-corrected chi connectivity index (χ0v) is 13.5. The second kappa shape index (κ2) is 5.61. The Balaban J connectivity index is 1.76. The number of benzene rings is 1. The minimum Gasteiger partial charge on any atom is -0.383 e. The maximum Gasteiger partial charge on any atom is 0.254 e. The normalized spacial score (nSPS) is 20.3. The molecule has 1 aliphatic heterocycles. The van der Waals surface area contributed by atoms with Gasteiger partial charge in [-0.25, -0.2) is 4.98 Å². The number of hydrogen-bond donors (Lipinski definition) is 2. The van der Waals surface area contributed by atoms with Crippen LogP contribution in [-0.2, 0) is 4.79 Å². The average molecular weight is 320 g/mol. The number of hydrogen-bond acceptors (Lipinski definition) is 5. The standard InChI is InChI=1S/C16H20N2O3S/c1-16(2)7-8-18(9-16)15(21)13(20)12(19)14-17-10-5-3-4-6-11(10)22-14/h3-6,12-13,19-20H,7-9H2,1-2H3/t12-,13-/m1/s1. The first-order valence-electron chi connectivity index (χ1n) is 7.38. The molecule has 1 aliphatic rings. The topological polar surface area (TPSA) is 73.7 Å². The van der Waals surface area contributed by atoms with E-state index >= 15 is 0 Å². The fraction of sp³-hybridized carbons (Fsp3) is 0.500. The minimum atomic E-state index is -1.46. The van der Waals surface area contributed by atoms with Crippen LogP contribution in [0, 0.1) is 5.41 Å². The summed E-state index contributed by atoms with van der Waals surface area (Å²) >= 11 is 1.30. The van der Waals surface area contributed by atoms with E-state index in [1.165, 1.54) is 11.3 Å². The number of aliphatic hydroxyl groups excluding tert-OH is 2. The van der Waals surface area contributed by atoms with E-state index in [0.29, 0.717) is 18.1 Å². The molecule has 0 aliphatic carbocycles. The lowest BCUT2D eigenvalue weighted by Gasteiger charge is -2.24. The van der Waals surface area contributed by atoms with E-state index in [4.69, 9.17) is 0 Å². The van der Waals surface area contributed by atoms with E-state index in [1.54, 1.807) is 4.90 Å². The largest absolute Gasteiger partial charge is 0.383 e. The lowest BCUT2D eigenvalue weighted by molar-refractivity contribution is -0.145. The summed E-state index contributed by atoms with van der Waals surface area (Å²) < 4.78 is 0.929. The monoisotopic (exact) mass is 320 g/mol. The number of thiazole rings is 1. The van der Waals surface area contributed by atoms with Crippen LogP contribution in [0.25, 0.3) is 10.2 Å². The van der Waals surface area contributed by atoms with Crippen molar-refractivity contribution in [3.8, 4) is 0 Å². The number of carbonyl (C=O) groups excluding carboxylic acids is 1. The Morgan fingerprint density at radius 1 is 1.36 bits per heavy atom. The number of aromatic nitrogens is 1. The van der Waals surface area contributed by atoms with Crippen molar-refractivity contribution >= 4 is 27.5 Å². The van der Waals surface area contributed by atoms with Crippen LogP contribution in [0.4, 0.5) is 0 Å². The summed E-state index contributed by atoms with van der Waals surface area (Å²) in [5, 5.41) is 20.9. The van der Waals surface area contributed by atoms with Crippen molar-refractivity contribution < 1.29 is 15.0 Å². The summed E-state index contributed by atoms with van der Waals surface area (Å²) in [4.78, 5) is 18.3. The van der Waals surface area contributed by atoms with Gasteiger partial charge in [-0.1, -0.05) is 26.0 Å². The zero-order chi connectivity index (χ0) is 15.9. The number of amides is 1. The van der Waals surface area contributed by atoms with E-state index < -0.39 is 18.1 Å². The molecule has 5 nitrogen and oxygen atoms in total. The number of carbonyl (C=O) groups is 1. The predicted octanol–water partition coefficient (Wildman–Crippen LogP) is 1.95. The summed E-state index contributed by atoms with van der Waals surface area (Å²) in [6.45, 7) is 5.41. The molecule has 1 saturated heterocycles. The lowest BCUT2D eigenvalue weighted by atomic mass is 9.93. The molecule has 1 fully saturated rings. The van der Waals surface area contributed by atoms with Crippen LogP contribution in [-0.4, -0.2) is 45.2 Å². The number of rotatable bonds is 3. The van der Waals surface area contributed by atoms with Gasteiger partial charge in [0.25, 0.3) is 5.91 Å². The molecule has 2 N–H and O–H groups in total. The molecule has 2 aromatic rings. The third-order valence-electron chi connectivity index (χ3n) is 4.10. The van der Waals surface area contributed by atoms with E-state index in [2.05, 4.69) is 18.8 Å². The van der Waals surface area contributed by atoms with Gasteiger partial charge in [0.2, 0.25) is 0 Å². The second-order valence-electron chi connectivity index (χ2n) is 6.58. The molecule has 3 rings (SSSR count). The van der Waals surface area contributed by atoms with E-state index in [9.17, 15) is 15.0 Å². The van der Waals surface area contributed by atoms with E-state index in [-0.39, 0.29) is 5.41 Å². The van der Waals surface area contributed by atoms with Gasteiger partial charge in [0, 0.05) is 13.1 Å². The molecule has 6 heteroatoms. The van der Waals surface area contributed by atoms with Gasteiger partial charge in [0.1, 0.15) is 11.1 Å². The molecule has 1 aromatic heterocycles. The predicted molar refractivity (Wildman–Crippen MR) is 85.6 cm³/mol. The number of nitrogens with zero attached hydrogens (tertiary/aromatic N) is 2. The van der Waals surface area contributed by atoms with Crippen LogP contribution in [0.5, 0.6) is 0 Å². The van der Waals surface area contributed by atoms with Gasteiger partial charge in [0.15, 0.2) is 6.10 Å². The molecular weight excluding hydrogens is 300 g/mol. The first-order chi connectivity index (χ1) is 10.4. The summed E-state index contributed by atoms with van der Waals surface area (Å²) in [6, 6.07) is 7.51. The van der Waals surface area contributed by atoms with Gasteiger partial charge in [-0.05, 0) is 24.0 Å². The van der Waals surface area contributed by atoms with Crippen LogP contribution in [0.1, 0.15) is 31.4 Å². The van der Waals surface area contributed by atoms with Gasteiger partial charge in [-0.3, -0.25) is 4.79 Å². The highest BCUT2D eigenvalue weighted by Gasteiger charge is 2.37. The Morgan fingerprint density at radius 3 is 2.73 bits per heavy atom. The zero-order valence-electron chi connectivity index (χ0n) is 12.7. The molecule has 22 heavy (non-hydrogen) atoms. The number of para-hydroxylation sites is 1. The third-order valence-corrected chi connectivity index (χ3v) is 5.21. The van der Waals surface area contributed by atoms with Crippen molar-refractivity contribution in [3.63, 3.8) is 0 Å².